The first kappa shape index (κ1) is 27.1. The number of rotatable bonds is 10. The van der Waals surface area contributed by atoms with Gasteiger partial charge in [-0.25, -0.2) is 9.97 Å². The largest absolute Gasteiger partial charge is 0.493 e. The summed E-state index contributed by atoms with van der Waals surface area (Å²) < 4.78 is 28.1. The molecule has 0 saturated carbocycles. The Morgan fingerprint density at radius 1 is 1.18 bits per heavy atom. The number of hydrogen-bond donors (Lipinski definition) is 2. The van der Waals surface area contributed by atoms with Crippen molar-refractivity contribution < 1.29 is 28.8 Å². The fourth-order valence-corrected chi connectivity index (χ4v) is 5.09. The highest BCUT2D eigenvalue weighted by atomic mass is 35.5. The normalized spacial score (nSPS) is 16.3. The molecular formula is C28H31ClN4O6. The van der Waals surface area contributed by atoms with Crippen molar-refractivity contribution in [1.29, 1.82) is 0 Å². The number of anilines is 2. The smallest absolute Gasteiger partial charge is 0.231 e. The van der Waals surface area contributed by atoms with Gasteiger partial charge in [-0.15, -0.1) is 0 Å². The third-order valence-electron chi connectivity index (χ3n) is 6.76. The van der Waals surface area contributed by atoms with Crippen molar-refractivity contribution >= 4 is 34.0 Å². The van der Waals surface area contributed by atoms with Crippen LogP contribution in [0.25, 0.3) is 10.9 Å². The van der Waals surface area contributed by atoms with E-state index in [-0.39, 0.29) is 26.0 Å². The molecule has 2 aliphatic heterocycles. The van der Waals surface area contributed by atoms with E-state index >= 15 is 0 Å². The molecule has 0 bridgehead atoms. The summed E-state index contributed by atoms with van der Waals surface area (Å²) in [6.07, 6.45) is 4.48. The van der Waals surface area contributed by atoms with E-state index in [0.29, 0.717) is 57.2 Å². The number of aliphatic hydroxyl groups is 1. The highest BCUT2D eigenvalue weighted by Gasteiger charge is 2.26. The molecule has 39 heavy (non-hydrogen) atoms. The van der Waals surface area contributed by atoms with Gasteiger partial charge < -0.3 is 34.1 Å². The van der Waals surface area contributed by atoms with Crippen LogP contribution in [-0.4, -0.2) is 79.9 Å². The monoisotopic (exact) mass is 554 g/mol. The Balaban J connectivity index is 1.36. The van der Waals surface area contributed by atoms with Crippen LogP contribution in [-0.2, 0) is 4.74 Å². The van der Waals surface area contributed by atoms with Crippen LogP contribution in [0, 0.1) is 11.8 Å². The van der Waals surface area contributed by atoms with E-state index in [9.17, 15) is 5.11 Å². The number of halogens is 1. The van der Waals surface area contributed by atoms with Gasteiger partial charge in [0, 0.05) is 31.1 Å². The maximum Gasteiger partial charge on any atom is 0.231 e. The number of likely N-dealkylation sites (tertiary alicyclic amines) is 1. The van der Waals surface area contributed by atoms with E-state index < -0.39 is 0 Å². The van der Waals surface area contributed by atoms with Crippen LogP contribution in [0.4, 0.5) is 11.5 Å². The highest BCUT2D eigenvalue weighted by molar-refractivity contribution is 6.34. The molecule has 0 amide bonds. The first-order valence-corrected chi connectivity index (χ1v) is 13.2. The van der Waals surface area contributed by atoms with E-state index in [1.807, 2.05) is 12.1 Å². The summed E-state index contributed by atoms with van der Waals surface area (Å²) in [6.45, 7) is 2.97. The third kappa shape index (κ3) is 5.92. The number of hydrogen-bond acceptors (Lipinski definition) is 10. The standard InChI is InChI=1S/C28H31ClN4O6/c1-35-10-4-6-18-12-21(29)25(27-26(18)38-17-39-27)32-28-20-13-23(36-2)24(14-22(20)30-16-31-28)37-11-5-9-33-8-3-7-19(33)15-34/h12-14,16,19,34H,3,5,7-11,15,17H2,1-2H3,(H,30,31,32)/t19-/m1/s1. The Kier molecular flexibility index (Phi) is 8.74. The predicted molar refractivity (Wildman–Crippen MR) is 147 cm³/mol. The highest BCUT2D eigenvalue weighted by Crippen LogP contribution is 2.47. The van der Waals surface area contributed by atoms with Gasteiger partial charge in [0.2, 0.25) is 6.79 Å². The fourth-order valence-electron chi connectivity index (χ4n) is 4.85. The van der Waals surface area contributed by atoms with Gasteiger partial charge >= 0.3 is 0 Å². The van der Waals surface area contributed by atoms with E-state index in [0.717, 1.165) is 37.7 Å². The van der Waals surface area contributed by atoms with Crippen LogP contribution in [0.5, 0.6) is 23.0 Å². The molecule has 2 aromatic carbocycles. The molecule has 5 rings (SSSR count). The summed E-state index contributed by atoms with van der Waals surface area (Å²) in [5.74, 6) is 8.58. The summed E-state index contributed by atoms with van der Waals surface area (Å²) in [7, 11) is 3.18. The zero-order chi connectivity index (χ0) is 27.2. The number of benzene rings is 2. The second kappa shape index (κ2) is 12.6. The van der Waals surface area contributed by atoms with Crippen LogP contribution in [0.2, 0.25) is 5.02 Å². The van der Waals surface area contributed by atoms with Gasteiger partial charge in [-0.2, -0.15) is 0 Å². The molecule has 1 saturated heterocycles. The number of fused-ring (bicyclic) bond motifs is 2. The van der Waals surface area contributed by atoms with E-state index in [2.05, 4.69) is 32.0 Å². The zero-order valence-corrected chi connectivity index (χ0v) is 22.7. The van der Waals surface area contributed by atoms with Crippen molar-refractivity contribution in [2.45, 2.75) is 25.3 Å². The Morgan fingerprint density at radius 2 is 2.05 bits per heavy atom. The van der Waals surface area contributed by atoms with Gasteiger partial charge in [0.05, 0.1) is 36.4 Å². The average molecular weight is 555 g/mol. The Hall–Kier alpha value is -3.49. The summed E-state index contributed by atoms with van der Waals surface area (Å²) in [5, 5.41) is 13.9. The molecule has 3 heterocycles. The molecule has 206 valence electrons. The van der Waals surface area contributed by atoms with Crippen LogP contribution < -0.4 is 24.3 Å². The topological polar surface area (TPSA) is 107 Å². The van der Waals surface area contributed by atoms with Crippen molar-refractivity contribution in [3.05, 3.63) is 35.1 Å². The minimum atomic E-state index is 0.0563. The molecule has 2 aliphatic rings. The van der Waals surface area contributed by atoms with Gasteiger partial charge in [0.25, 0.3) is 0 Å². The SMILES string of the molecule is COCC#Cc1cc(Cl)c(Nc2ncnc3cc(OCCCN4CCC[C@@H]4CO)c(OC)cc23)c2c1OCO2. The Bertz CT molecular complexity index is 1390. The van der Waals surface area contributed by atoms with Crippen molar-refractivity contribution in [2.24, 2.45) is 0 Å². The molecule has 0 spiro atoms. The van der Waals surface area contributed by atoms with Gasteiger partial charge in [-0.05, 0) is 37.9 Å². The zero-order valence-electron chi connectivity index (χ0n) is 22.0. The van der Waals surface area contributed by atoms with Gasteiger partial charge in [-0.3, -0.25) is 4.90 Å². The summed E-state index contributed by atoms with van der Waals surface area (Å²) in [6, 6.07) is 5.66. The molecular weight excluding hydrogens is 524 g/mol. The second-order valence-electron chi connectivity index (χ2n) is 9.16. The molecule has 0 aliphatic carbocycles. The molecule has 1 aromatic heterocycles. The third-order valence-corrected chi connectivity index (χ3v) is 7.05. The molecule has 1 atom stereocenters. The molecule has 0 radical (unpaired) electrons. The summed E-state index contributed by atoms with van der Waals surface area (Å²) >= 11 is 6.64. The number of nitrogens with one attached hydrogen (secondary N) is 1. The van der Waals surface area contributed by atoms with Gasteiger partial charge in [0.1, 0.15) is 24.4 Å². The average Bonchev–Trinajstić information content (AvgIpc) is 3.62. The molecule has 2 N–H and O–H groups in total. The van der Waals surface area contributed by atoms with Crippen LogP contribution in [0.1, 0.15) is 24.8 Å². The quantitative estimate of drug-likeness (QED) is 0.282. The number of methoxy groups -OCH3 is 2. The van der Waals surface area contributed by atoms with E-state index in [1.165, 1.54) is 6.33 Å². The maximum atomic E-state index is 9.53. The lowest BCUT2D eigenvalue weighted by atomic mass is 10.1. The van der Waals surface area contributed by atoms with Gasteiger partial charge in [-0.1, -0.05) is 23.4 Å². The molecule has 0 unspecified atom stereocenters. The number of nitrogens with zero attached hydrogens (tertiary/aromatic N) is 3. The molecule has 1 fully saturated rings. The summed E-state index contributed by atoms with van der Waals surface area (Å²) in [5.41, 5.74) is 1.81. The number of ether oxygens (including phenoxy) is 5. The lowest BCUT2D eigenvalue weighted by Crippen LogP contribution is -2.33. The maximum absolute atomic E-state index is 9.53. The minimum absolute atomic E-state index is 0.0563. The number of aromatic nitrogens is 2. The molecule has 11 heteroatoms. The van der Waals surface area contributed by atoms with Crippen molar-refractivity contribution in [1.82, 2.24) is 14.9 Å². The lowest BCUT2D eigenvalue weighted by Gasteiger charge is -2.22. The predicted octanol–water partition coefficient (Wildman–Crippen LogP) is 3.99. The van der Waals surface area contributed by atoms with Crippen LogP contribution in [0.15, 0.2) is 24.5 Å². The fraction of sp³-hybridized carbons (Fsp3) is 0.429. The van der Waals surface area contributed by atoms with Crippen LogP contribution in [0.3, 0.4) is 0 Å². The van der Waals surface area contributed by atoms with Crippen LogP contribution >= 0.6 is 11.6 Å². The van der Waals surface area contributed by atoms with Gasteiger partial charge in [0.15, 0.2) is 23.0 Å². The first-order valence-electron chi connectivity index (χ1n) is 12.8. The second-order valence-corrected chi connectivity index (χ2v) is 9.57. The Morgan fingerprint density at radius 3 is 2.87 bits per heavy atom. The Labute approximate surface area is 232 Å². The molecule has 10 nitrogen and oxygen atoms in total. The van der Waals surface area contributed by atoms with Crippen molar-refractivity contribution in [2.75, 3.05) is 59.2 Å². The minimum Gasteiger partial charge on any atom is -0.493 e. The van der Waals surface area contributed by atoms with Crippen molar-refractivity contribution in [3.63, 3.8) is 0 Å². The van der Waals surface area contributed by atoms with E-state index in [1.54, 1.807) is 20.3 Å². The first-order chi connectivity index (χ1) is 19.1. The van der Waals surface area contributed by atoms with Crippen molar-refractivity contribution in [3.8, 4) is 34.8 Å². The summed E-state index contributed by atoms with van der Waals surface area (Å²) in [4.78, 5) is 11.2. The number of aliphatic hydroxyl groups excluding tert-OH is 1. The van der Waals surface area contributed by atoms with E-state index in [4.69, 9.17) is 35.3 Å². The molecule has 3 aromatic rings. The lowest BCUT2D eigenvalue weighted by molar-refractivity contribution is 0.150.